The summed E-state index contributed by atoms with van der Waals surface area (Å²) in [5, 5.41) is 8.89. The van der Waals surface area contributed by atoms with Crippen LogP contribution < -0.4 is 4.90 Å². The third kappa shape index (κ3) is 4.05. The Morgan fingerprint density at radius 1 is 0.800 bits per heavy atom. The third-order valence-corrected chi connectivity index (χ3v) is 5.27. The average Bonchev–Trinajstić information content (AvgIpc) is 3.46. The summed E-state index contributed by atoms with van der Waals surface area (Å²) >= 11 is 5.93. The van der Waals surface area contributed by atoms with Crippen molar-refractivity contribution in [1.29, 1.82) is 0 Å². The van der Waals surface area contributed by atoms with Gasteiger partial charge in [0.05, 0.1) is 6.54 Å². The summed E-state index contributed by atoms with van der Waals surface area (Å²) in [6.45, 7) is 3.88. The Balaban J connectivity index is 1.18. The van der Waals surface area contributed by atoms with Crippen LogP contribution in [0.15, 0.2) is 63.6 Å². The van der Waals surface area contributed by atoms with E-state index in [-0.39, 0.29) is 0 Å². The van der Waals surface area contributed by atoms with E-state index in [0.717, 1.165) is 37.3 Å². The van der Waals surface area contributed by atoms with Gasteiger partial charge >= 0.3 is 0 Å². The number of rotatable bonds is 5. The van der Waals surface area contributed by atoms with E-state index in [0.29, 0.717) is 35.1 Å². The van der Waals surface area contributed by atoms with Crippen LogP contribution in [0.3, 0.4) is 0 Å². The van der Waals surface area contributed by atoms with Gasteiger partial charge in [-0.3, -0.25) is 4.90 Å². The number of halogens is 1. The summed E-state index contributed by atoms with van der Waals surface area (Å²) in [6.07, 6.45) is 0. The maximum atomic E-state index is 5.93. The first-order valence-electron chi connectivity index (χ1n) is 9.69. The number of aromatic nitrogens is 4. The highest BCUT2D eigenvalue weighted by molar-refractivity contribution is 6.30. The lowest BCUT2D eigenvalue weighted by atomic mass is 10.2. The molecule has 1 aliphatic rings. The van der Waals surface area contributed by atoms with Crippen molar-refractivity contribution in [1.82, 2.24) is 25.2 Å². The Hall–Kier alpha value is -3.23. The van der Waals surface area contributed by atoms with Gasteiger partial charge in [-0.25, -0.2) is 0 Å². The Labute approximate surface area is 178 Å². The lowest BCUT2D eigenvalue weighted by Crippen LogP contribution is -2.46. The maximum absolute atomic E-state index is 5.93. The average molecular weight is 423 g/mol. The molecule has 1 aliphatic heterocycles. The number of hydrogen-bond donors (Lipinski definition) is 0. The molecular weight excluding hydrogens is 404 g/mol. The van der Waals surface area contributed by atoms with Gasteiger partial charge in [0.15, 0.2) is 0 Å². The second-order valence-corrected chi connectivity index (χ2v) is 7.48. The fraction of sp³-hybridized carbons (Fsp3) is 0.238. The minimum Gasteiger partial charge on any atom is -0.338 e. The highest BCUT2D eigenvalue weighted by Gasteiger charge is 2.23. The highest BCUT2D eigenvalue weighted by Crippen LogP contribution is 2.22. The van der Waals surface area contributed by atoms with Gasteiger partial charge in [-0.1, -0.05) is 35.0 Å². The van der Waals surface area contributed by atoms with E-state index in [9.17, 15) is 0 Å². The van der Waals surface area contributed by atoms with E-state index in [4.69, 9.17) is 20.6 Å². The van der Waals surface area contributed by atoms with Crippen LogP contribution in [0.2, 0.25) is 5.02 Å². The number of nitrogens with zero attached hydrogens (tertiary/aromatic N) is 6. The van der Waals surface area contributed by atoms with Crippen LogP contribution in [-0.4, -0.2) is 51.4 Å². The van der Waals surface area contributed by atoms with E-state index in [2.05, 4.69) is 30.1 Å². The minimum absolute atomic E-state index is 0.536. The maximum Gasteiger partial charge on any atom is 0.266 e. The summed E-state index contributed by atoms with van der Waals surface area (Å²) in [6, 6.07) is 17.2. The third-order valence-electron chi connectivity index (χ3n) is 5.02. The van der Waals surface area contributed by atoms with Crippen LogP contribution in [-0.2, 0) is 6.54 Å². The van der Waals surface area contributed by atoms with Gasteiger partial charge in [-0.15, -0.1) is 0 Å². The summed E-state index contributed by atoms with van der Waals surface area (Å²) in [7, 11) is 0. The Bertz CT molecular complexity index is 1100. The molecule has 0 amide bonds. The fourth-order valence-electron chi connectivity index (χ4n) is 3.37. The van der Waals surface area contributed by atoms with Gasteiger partial charge in [0.25, 0.3) is 11.8 Å². The van der Waals surface area contributed by atoms with Crippen LogP contribution in [0.4, 0.5) is 5.95 Å². The quantitative estimate of drug-likeness (QED) is 0.480. The van der Waals surface area contributed by atoms with Crippen molar-refractivity contribution in [2.24, 2.45) is 0 Å². The minimum atomic E-state index is 0.536. The smallest absolute Gasteiger partial charge is 0.266 e. The molecule has 5 rings (SSSR count). The van der Waals surface area contributed by atoms with Crippen molar-refractivity contribution in [3.63, 3.8) is 0 Å². The zero-order chi connectivity index (χ0) is 20.3. The van der Waals surface area contributed by atoms with Gasteiger partial charge in [0.1, 0.15) is 0 Å². The van der Waals surface area contributed by atoms with Crippen LogP contribution in [0.25, 0.3) is 22.8 Å². The van der Waals surface area contributed by atoms with Crippen LogP contribution in [0.5, 0.6) is 0 Å². The SMILES string of the molecule is Clc1ccc(-c2noc(CN3CCN(c4noc(-c5ccccc5)n4)CC3)n2)cc1. The second-order valence-electron chi connectivity index (χ2n) is 7.05. The Morgan fingerprint density at radius 3 is 2.33 bits per heavy atom. The van der Waals surface area contributed by atoms with Gasteiger partial charge < -0.3 is 13.9 Å². The number of anilines is 1. The monoisotopic (exact) mass is 422 g/mol. The first-order chi connectivity index (χ1) is 14.7. The van der Waals surface area contributed by atoms with E-state index in [1.165, 1.54) is 0 Å². The van der Waals surface area contributed by atoms with Gasteiger partial charge in [0.2, 0.25) is 11.7 Å². The van der Waals surface area contributed by atoms with Gasteiger partial charge in [-0.2, -0.15) is 9.97 Å². The molecule has 0 radical (unpaired) electrons. The predicted octanol–water partition coefficient (Wildman–Crippen LogP) is 3.76. The van der Waals surface area contributed by atoms with Crippen LogP contribution in [0.1, 0.15) is 5.89 Å². The van der Waals surface area contributed by atoms with Gasteiger partial charge in [-0.05, 0) is 41.6 Å². The largest absolute Gasteiger partial charge is 0.338 e. The van der Waals surface area contributed by atoms with Crippen molar-refractivity contribution < 1.29 is 9.05 Å². The van der Waals surface area contributed by atoms with Crippen molar-refractivity contribution in [2.75, 3.05) is 31.1 Å². The molecule has 0 atom stereocenters. The molecule has 0 aliphatic carbocycles. The Kier molecular flexibility index (Phi) is 5.17. The first kappa shape index (κ1) is 18.8. The molecule has 1 saturated heterocycles. The van der Waals surface area contributed by atoms with Crippen molar-refractivity contribution >= 4 is 17.5 Å². The standard InChI is InChI=1S/C21H19ClN6O2/c22-17-8-6-15(7-9-17)19-23-18(29-25-19)14-27-10-12-28(13-11-27)21-24-20(30-26-21)16-4-2-1-3-5-16/h1-9H,10-14H2. The summed E-state index contributed by atoms with van der Waals surface area (Å²) in [5.74, 6) is 2.32. The zero-order valence-electron chi connectivity index (χ0n) is 16.1. The molecule has 0 spiro atoms. The van der Waals surface area contributed by atoms with E-state index >= 15 is 0 Å². The zero-order valence-corrected chi connectivity index (χ0v) is 16.9. The molecule has 0 N–H and O–H groups in total. The van der Waals surface area contributed by atoms with Crippen molar-refractivity contribution in [3.8, 4) is 22.8 Å². The summed E-state index contributed by atoms with van der Waals surface area (Å²) in [4.78, 5) is 13.4. The molecule has 30 heavy (non-hydrogen) atoms. The lowest BCUT2D eigenvalue weighted by Gasteiger charge is -2.32. The Morgan fingerprint density at radius 2 is 1.57 bits per heavy atom. The van der Waals surface area contributed by atoms with Crippen molar-refractivity contribution in [3.05, 3.63) is 65.5 Å². The molecule has 4 aromatic rings. The molecule has 9 heteroatoms. The fourth-order valence-corrected chi connectivity index (χ4v) is 3.50. The molecule has 8 nitrogen and oxygen atoms in total. The molecule has 0 unspecified atom stereocenters. The first-order valence-corrected chi connectivity index (χ1v) is 10.1. The van der Waals surface area contributed by atoms with Crippen LogP contribution in [0, 0.1) is 0 Å². The van der Waals surface area contributed by atoms with Crippen molar-refractivity contribution in [2.45, 2.75) is 6.54 Å². The molecule has 1 fully saturated rings. The van der Waals surface area contributed by atoms with E-state index < -0.39 is 0 Å². The van der Waals surface area contributed by atoms with E-state index in [1.54, 1.807) is 0 Å². The highest BCUT2D eigenvalue weighted by atomic mass is 35.5. The number of piperazine rings is 1. The second kappa shape index (κ2) is 8.25. The number of benzene rings is 2. The van der Waals surface area contributed by atoms with Crippen LogP contribution >= 0.6 is 11.6 Å². The molecule has 2 aromatic carbocycles. The molecule has 0 bridgehead atoms. The lowest BCUT2D eigenvalue weighted by molar-refractivity contribution is 0.214. The van der Waals surface area contributed by atoms with Gasteiger partial charge in [0, 0.05) is 42.3 Å². The molecular formula is C21H19ClN6O2. The molecule has 2 aromatic heterocycles. The molecule has 152 valence electrons. The predicted molar refractivity (Wildman–Crippen MR) is 112 cm³/mol. The summed E-state index contributed by atoms with van der Waals surface area (Å²) in [5.41, 5.74) is 1.80. The summed E-state index contributed by atoms with van der Waals surface area (Å²) < 4.78 is 10.8. The molecule has 3 heterocycles. The van der Waals surface area contributed by atoms with E-state index in [1.807, 2.05) is 54.6 Å². The number of hydrogen-bond acceptors (Lipinski definition) is 8. The normalized spacial score (nSPS) is 14.9. The topological polar surface area (TPSA) is 84.3 Å². The molecule has 0 saturated carbocycles.